The van der Waals surface area contributed by atoms with Crippen molar-refractivity contribution >= 4 is 40.6 Å². The highest BCUT2D eigenvalue weighted by Gasteiger charge is 2.37. The Morgan fingerprint density at radius 1 is 0.872 bits per heavy atom. The van der Waals surface area contributed by atoms with Crippen LogP contribution >= 0.6 is 0 Å². The first-order valence-electron chi connectivity index (χ1n) is 16.8. The molecule has 4 heterocycles. The van der Waals surface area contributed by atoms with Gasteiger partial charge in [-0.25, -0.2) is 9.78 Å². The molecule has 5 rings (SSSR count). The summed E-state index contributed by atoms with van der Waals surface area (Å²) in [6, 6.07) is 6.57. The highest BCUT2D eigenvalue weighted by atomic mass is 16.6. The van der Waals surface area contributed by atoms with Crippen LogP contribution in [0, 0.1) is 6.92 Å². The van der Waals surface area contributed by atoms with E-state index in [9.17, 15) is 24.0 Å². The van der Waals surface area contributed by atoms with E-state index in [1.165, 1.54) is 6.07 Å². The van der Waals surface area contributed by atoms with Crippen molar-refractivity contribution in [3.8, 4) is 5.75 Å². The van der Waals surface area contributed by atoms with E-state index in [1.807, 2.05) is 36.9 Å². The minimum atomic E-state index is -0.553. The monoisotopic (exact) mass is 650 g/mol. The molecule has 1 N–H and O–H groups in total. The number of hydrogen-bond donors (Lipinski definition) is 1. The van der Waals surface area contributed by atoms with E-state index in [-0.39, 0.29) is 42.7 Å². The summed E-state index contributed by atoms with van der Waals surface area (Å²) >= 11 is 0. The van der Waals surface area contributed by atoms with Crippen LogP contribution in [0.1, 0.15) is 67.9 Å². The number of nitrogens with one attached hydrogen (secondary N) is 1. The predicted molar refractivity (Wildman–Crippen MR) is 174 cm³/mol. The number of carbonyl (C=O) groups excluding carboxylic acids is 5. The van der Waals surface area contributed by atoms with Gasteiger partial charge < -0.3 is 34.4 Å². The second kappa shape index (κ2) is 15.9. The molecular formula is C34H46N6O7. The van der Waals surface area contributed by atoms with Gasteiger partial charge >= 0.3 is 6.09 Å². The molecule has 1 aromatic heterocycles. The molecule has 1 aromatic carbocycles. The predicted octanol–water partition coefficient (Wildman–Crippen LogP) is 2.74. The maximum atomic E-state index is 13.3. The van der Waals surface area contributed by atoms with E-state index in [1.54, 1.807) is 14.7 Å². The standard InChI is InChI=1S/C34H46N6O7/c1-3-4-19-46-34(45)39-17-15-37(16-18-39)30(41)22-35-32(43)27-21-29(25-11-10-24(2)20-26(25)36-27)47-23-31(42)40-14-8-9-28(40)33(44)38-12-6-5-7-13-38/h10-11,20-21,28H,3-9,12-19,22-23H2,1-2H3,(H,35,43). The molecule has 0 bridgehead atoms. The Labute approximate surface area is 275 Å². The van der Waals surface area contributed by atoms with Crippen molar-refractivity contribution < 1.29 is 33.4 Å². The number of pyridine rings is 1. The number of nitrogens with zero attached hydrogens (tertiary/aromatic N) is 5. The summed E-state index contributed by atoms with van der Waals surface area (Å²) in [6.07, 6.45) is 5.87. The Balaban J connectivity index is 1.18. The van der Waals surface area contributed by atoms with E-state index in [2.05, 4.69) is 10.3 Å². The molecule has 1 atom stereocenters. The van der Waals surface area contributed by atoms with Gasteiger partial charge in [0.25, 0.3) is 11.8 Å². The van der Waals surface area contributed by atoms with E-state index < -0.39 is 11.9 Å². The molecule has 254 valence electrons. The SMILES string of the molecule is CCCCOC(=O)N1CCN(C(=O)CNC(=O)c2cc(OCC(=O)N3CCCC3C(=O)N3CCCCC3)c3ccc(C)cc3n2)CC1. The fraction of sp³-hybridized carbons (Fsp3) is 0.588. The van der Waals surface area contributed by atoms with Crippen LogP contribution in [0.15, 0.2) is 24.3 Å². The molecule has 2 aromatic rings. The van der Waals surface area contributed by atoms with Crippen molar-refractivity contribution in [2.24, 2.45) is 0 Å². The summed E-state index contributed by atoms with van der Waals surface area (Å²) in [5.41, 5.74) is 1.51. The number of fused-ring (bicyclic) bond motifs is 1. The molecule has 0 radical (unpaired) electrons. The number of likely N-dealkylation sites (tertiary alicyclic amines) is 2. The molecule has 5 amide bonds. The number of ether oxygens (including phenoxy) is 2. The first-order chi connectivity index (χ1) is 22.7. The first-order valence-corrected chi connectivity index (χ1v) is 16.8. The molecule has 13 nitrogen and oxygen atoms in total. The third kappa shape index (κ3) is 8.49. The Kier molecular flexibility index (Phi) is 11.5. The normalized spacial score (nSPS) is 18.3. The summed E-state index contributed by atoms with van der Waals surface area (Å²) < 4.78 is 11.3. The zero-order chi connectivity index (χ0) is 33.3. The number of unbranched alkanes of at least 4 members (excludes halogenated alkanes) is 1. The minimum Gasteiger partial charge on any atom is -0.483 e. The summed E-state index contributed by atoms with van der Waals surface area (Å²) in [4.78, 5) is 76.0. The molecule has 3 aliphatic heterocycles. The van der Waals surface area contributed by atoms with Crippen molar-refractivity contribution in [2.45, 2.75) is 64.8 Å². The largest absolute Gasteiger partial charge is 0.483 e. The number of hydrogen-bond acceptors (Lipinski definition) is 8. The molecule has 0 aliphatic carbocycles. The Morgan fingerprint density at radius 3 is 2.36 bits per heavy atom. The molecule has 3 aliphatic rings. The van der Waals surface area contributed by atoms with Gasteiger partial charge in [-0.3, -0.25) is 19.2 Å². The summed E-state index contributed by atoms with van der Waals surface area (Å²) in [5.74, 6) is -0.764. The van der Waals surface area contributed by atoms with Crippen molar-refractivity contribution in [3.63, 3.8) is 0 Å². The van der Waals surface area contributed by atoms with Crippen molar-refractivity contribution in [1.82, 2.24) is 29.9 Å². The van der Waals surface area contributed by atoms with Crippen molar-refractivity contribution in [1.29, 1.82) is 0 Å². The van der Waals surface area contributed by atoms with Gasteiger partial charge in [0.2, 0.25) is 11.8 Å². The second-order valence-corrected chi connectivity index (χ2v) is 12.5. The maximum Gasteiger partial charge on any atom is 0.409 e. The van der Waals surface area contributed by atoms with E-state index in [0.717, 1.165) is 57.2 Å². The molecule has 13 heteroatoms. The zero-order valence-corrected chi connectivity index (χ0v) is 27.5. The van der Waals surface area contributed by atoms with Gasteiger partial charge in [-0.1, -0.05) is 19.4 Å². The number of piperazine rings is 1. The zero-order valence-electron chi connectivity index (χ0n) is 27.5. The van der Waals surface area contributed by atoms with Crippen LogP contribution in [0.4, 0.5) is 4.79 Å². The van der Waals surface area contributed by atoms with Gasteiger partial charge in [-0.2, -0.15) is 0 Å². The van der Waals surface area contributed by atoms with Crippen LogP contribution in [-0.4, -0.2) is 126 Å². The quantitative estimate of drug-likeness (QED) is 0.387. The smallest absolute Gasteiger partial charge is 0.409 e. The van der Waals surface area contributed by atoms with Crippen LogP contribution in [0.25, 0.3) is 10.9 Å². The number of amides is 5. The number of carbonyl (C=O) groups is 5. The topological polar surface area (TPSA) is 142 Å². The van der Waals surface area contributed by atoms with E-state index >= 15 is 0 Å². The highest BCUT2D eigenvalue weighted by molar-refractivity contribution is 5.99. The van der Waals surface area contributed by atoms with Crippen molar-refractivity contribution in [3.05, 3.63) is 35.5 Å². The summed E-state index contributed by atoms with van der Waals surface area (Å²) in [5, 5.41) is 3.30. The molecule has 1 unspecified atom stereocenters. The van der Waals surface area contributed by atoms with Gasteiger partial charge in [-0.15, -0.1) is 0 Å². The van der Waals surface area contributed by atoms with Crippen LogP contribution in [-0.2, 0) is 19.1 Å². The molecule has 47 heavy (non-hydrogen) atoms. The average Bonchev–Trinajstić information content (AvgIpc) is 3.59. The van der Waals surface area contributed by atoms with Crippen LogP contribution in [0.5, 0.6) is 5.75 Å². The lowest BCUT2D eigenvalue weighted by Gasteiger charge is -2.34. The number of benzene rings is 1. The maximum absolute atomic E-state index is 13.3. The Morgan fingerprint density at radius 2 is 1.62 bits per heavy atom. The fourth-order valence-electron chi connectivity index (χ4n) is 6.30. The molecule has 3 saturated heterocycles. The van der Waals surface area contributed by atoms with Crippen LogP contribution in [0.3, 0.4) is 0 Å². The fourth-order valence-corrected chi connectivity index (χ4v) is 6.30. The Bertz CT molecular complexity index is 1470. The second-order valence-electron chi connectivity index (χ2n) is 12.5. The average molecular weight is 651 g/mol. The molecule has 0 saturated carbocycles. The minimum absolute atomic E-state index is 0.0145. The van der Waals surface area contributed by atoms with E-state index in [0.29, 0.717) is 62.4 Å². The third-order valence-corrected chi connectivity index (χ3v) is 9.05. The van der Waals surface area contributed by atoms with Gasteiger partial charge in [0.05, 0.1) is 18.7 Å². The lowest BCUT2D eigenvalue weighted by atomic mass is 10.1. The lowest BCUT2D eigenvalue weighted by Crippen LogP contribution is -2.52. The van der Waals surface area contributed by atoms with Gasteiger partial charge in [0, 0.05) is 57.3 Å². The summed E-state index contributed by atoms with van der Waals surface area (Å²) in [7, 11) is 0. The molecular weight excluding hydrogens is 604 g/mol. The lowest BCUT2D eigenvalue weighted by molar-refractivity contribution is -0.145. The van der Waals surface area contributed by atoms with Gasteiger partial charge in [0.15, 0.2) is 6.61 Å². The van der Waals surface area contributed by atoms with E-state index in [4.69, 9.17) is 9.47 Å². The molecule has 0 spiro atoms. The number of aryl methyl sites for hydroxylation is 1. The van der Waals surface area contributed by atoms with Crippen LogP contribution < -0.4 is 10.1 Å². The van der Waals surface area contributed by atoms with Gasteiger partial charge in [0.1, 0.15) is 17.5 Å². The summed E-state index contributed by atoms with van der Waals surface area (Å²) in [6.45, 7) is 7.18. The number of aromatic nitrogens is 1. The van der Waals surface area contributed by atoms with Crippen molar-refractivity contribution in [2.75, 3.05) is 65.6 Å². The van der Waals surface area contributed by atoms with Gasteiger partial charge in [-0.05, 0) is 63.1 Å². The number of piperidine rings is 1. The Hall–Kier alpha value is -4.42. The highest BCUT2D eigenvalue weighted by Crippen LogP contribution is 2.28. The first kappa shape index (κ1) is 33.9. The van der Waals surface area contributed by atoms with Crippen LogP contribution in [0.2, 0.25) is 0 Å². The third-order valence-electron chi connectivity index (χ3n) is 9.05. The number of rotatable bonds is 10. The molecule has 3 fully saturated rings.